The van der Waals surface area contributed by atoms with Gasteiger partial charge in [-0.15, -0.1) is 0 Å². The van der Waals surface area contributed by atoms with E-state index >= 15 is 0 Å². The van der Waals surface area contributed by atoms with E-state index in [4.69, 9.17) is 13.9 Å². The maximum atomic E-state index is 12.4. The molecule has 0 bridgehead atoms. The van der Waals surface area contributed by atoms with Gasteiger partial charge in [-0.25, -0.2) is 9.59 Å². The Kier molecular flexibility index (Phi) is 5.35. The second-order valence-electron chi connectivity index (χ2n) is 5.71. The highest BCUT2D eigenvalue weighted by molar-refractivity contribution is 5.97. The standard InChI is InChI=1S/C21H18O6/c1-3-25-20(23)14-9-13(10-15(11-14)21(24)26-4-2)19-12-17(22)16-7-5-6-8-18(16)27-19/h5-12H,3-4H2,1-2H3. The first-order chi connectivity index (χ1) is 13.0. The van der Waals surface area contributed by atoms with E-state index in [2.05, 4.69) is 0 Å². The minimum Gasteiger partial charge on any atom is -0.462 e. The van der Waals surface area contributed by atoms with Gasteiger partial charge in [0, 0.05) is 11.6 Å². The highest BCUT2D eigenvalue weighted by Crippen LogP contribution is 2.25. The van der Waals surface area contributed by atoms with E-state index in [-0.39, 0.29) is 35.5 Å². The van der Waals surface area contributed by atoms with Crippen LogP contribution in [0.1, 0.15) is 34.6 Å². The first kappa shape index (κ1) is 18.4. The van der Waals surface area contributed by atoms with Gasteiger partial charge in [0.1, 0.15) is 11.3 Å². The van der Waals surface area contributed by atoms with Gasteiger partial charge >= 0.3 is 11.9 Å². The average molecular weight is 366 g/mol. The molecule has 1 aromatic heterocycles. The zero-order valence-corrected chi connectivity index (χ0v) is 15.0. The van der Waals surface area contributed by atoms with Crippen LogP contribution < -0.4 is 5.43 Å². The van der Waals surface area contributed by atoms with Crippen LogP contribution >= 0.6 is 0 Å². The van der Waals surface area contributed by atoms with Crippen LogP contribution in [0, 0.1) is 0 Å². The number of rotatable bonds is 5. The van der Waals surface area contributed by atoms with Crippen molar-refractivity contribution < 1.29 is 23.5 Å². The topological polar surface area (TPSA) is 82.8 Å². The highest BCUT2D eigenvalue weighted by Gasteiger charge is 2.17. The smallest absolute Gasteiger partial charge is 0.338 e. The second kappa shape index (κ2) is 7.86. The summed E-state index contributed by atoms with van der Waals surface area (Å²) in [6.45, 7) is 3.78. The number of carbonyl (C=O) groups is 2. The van der Waals surface area contributed by atoms with E-state index < -0.39 is 11.9 Å². The number of fused-ring (bicyclic) bond motifs is 1. The predicted octanol–water partition coefficient (Wildman–Crippen LogP) is 3.81. The SMILES string of the molecule is CCOC(=O)c1cc(C(=O)OCC)cc(-c2cc(=O)c3ccccc3o2)c1. The van der Waals surface area contributed by atoms with E-state index in [1.807, 2.05) is 0 Å². The Bertz CT molecular complexity index is 1030. The molecule has 0 saturated heterocycles. The third-order valence-electron chi connectivity index (χ3n) is 3.87. The highest BCUT2D eigenvalue weighted by atomic mass is 16.5. The third kappa shape index (κ3) is 3.89. The minimum atomic E-state index is -0.576. The van der Waals surface area contributed by atoms with Gasteiger partial charge in [0.05, 0.1) is 29.7 Å². The fourth-order valence-electron chi connectivity index (χ4n) is 2.68. The van der Waals surface area contributed by atoms with Crippen LogP contribution in [0.2, 0.25) is 0 Å². The van der Waals surface area contributed by atoms with Crippen LogP contribution in [0.4, 0.5) is 0 Å². The molecule has 6 nitrogen and oxygen atoms in total. The van der Waals surface area contributed by atoms with E-state index in [0.717, 1.165) is 0 Å². The molecule has 0 saturated carbocycles. The summed E-state index contributed by atoms with van der Waals surface area (Å²) >= 11 is 0. The van der Waals surface area contributed by atoms with Gasteiger partial charge in [-0.2, -0.15) is 0 Å². The van der Waals surface area contributed by atoms with Gasteiger partial charge in [-0.3, -0.25) is 4.79 Å². The number of hydrogen-bond donors (Lipinski definition) is 0. The summed E-state index contributed by atoms with van der Waals surface area (Å²) in [5.74, 6) is -0.906. The molecule has 0 N–H and O–H groups in total. The quantitative estimate of drug-likeness (QED) is 0.639. The van der Waals surface area contributed by atoms with E-state index in [0.29, 0.717) is 16.5 Å². The van der Waals surface area contributed by atoms with Crippen LogP contribution in [-0.2, 0) is 9.47 Å². The number of carbonyl (C=O) groups excluding carboxylic acids is 2. The number of hydrogen-bond acceptors (Lipinski definition) is 6. The van der Waals surface area contributed by atoms with Crippen LogP contribution in [0.5, 0.6) is 0 Å². The van der Waals surface area contributed by atoms with Crippen molar-refractivity contribution >= 4 is 22.9 Å². The summed E-state index contributed by atoms with van der Waals surface area (Å²) in [6.07, 6.45) is 0. The molecule has 0 amide bonds. The molecule has 0 fully saturated rings. The summed E-state index contributed by atoms with van der Waals surface area (Å²) in [5.41, 5.74) is 0.957. The summed E-state index contributed by atoms with van der Waals surface area (Å²) < 4.78 is 15.9. The Morgan fingerprint density at radius 3 is 2.07 bits per heavy atom. The Morgan fingerprint density at radius 2 is 1.48 bits per heavy atom. The van der Waals surface area contributed by atoms with Crippen molar-refractivity contribution in [1.29, 1.82) is 0 Å². The molecule has 0 radical (unpaired) electrons. The number of ether oxygens (including phenoxy) is 2. The summed E-state index contributed by atoms with van der Waals surface area (Å²) in [4.78, 5) is 36.7. The molecule has 138 valence electrons. The molecule has 0 aliphatic heterocycles. The maximum absolute atomic E-state index is 12.4. The molecular weight excluding hydrogens is 348 g/mol. The van der Waals surface area contributed by atoms with E-state index in [9.17, 15) is 14.4 Å². The fourth-order valence-corrected chi connectivity index (χ4v) is 2.68. The predicted molar refractivity (Wildman–Crippen MR) is 99.8 cm³/mol. The summed E-state index contributed by atoms with van der Waals surface area (Å²) in [6, 6.07) is 12.6. The van der Waals surface area contributed by atoms with Crippen LogP contribution in [0.25, 0.3) is 22.3 Å². The van der Waals surface area contributed by atoms with Crippen molar-refractivity contribution in [3.05, 3.63) is 69.9 Å². The first-order valence-corrected chi connectivity index (χ1v) is 8.56. The van der Waals surface area contributed by atoms with Gasteiger partial charge in [-0.05, 0) is 44.2 Å². The lowest BCUT2D eigenvalue weighted by molar-refractivity contribution is 0.0525. The lowest BCUT2D eigenvalue weighted by Crippen LogP contribution is -2.10. The molecule has 3 aromatic rings. The largest absolute Gasteiger partial charge is 0.462 e. The zero-order chi connectivity index (χ0) is 19.4. The molecule has 0 unspecified atom stereocenters. The van der Waals surface area contributed by atoms with Crippen molar-refractivity contribution in [2.45, 2.75) is 13.8 Å². The fraction of sp³-hybridized carbons (Fsp3) is 0.190. The van der Waals surface area contributed by atoms with Crippen LogP contribution in [0.15, 0.2) is 57.7 Å². The molecule has 2 aromatic carbocycles. The van der Waals surface area contributed by atoms with Gasteiger partial charge in [0.2, 0.25) is 0 Å². The third-order valence-corrected chi connectivity index (χ3v) is 3.87. The molecule has 0 aliphatic rings. The van der Waals surface area contributed by atoms with Crippen LogP contribution in [-0.4, -0.2) is 25.2 Å². The van der Waals surface area contributed by atoms with Crippen molar-refractivity contribution in [2.75, 3.05) is 13.2 Å². The lowest BCUT2D eigenvalue weighted by atomic mass is 10.0. The monoisotopic (exact) mass is 366 g/mol. The Morgan fingerprint density at radius 1 is 0.889 bits per heavy atom. The molecule has 0 aliphatic carbocycles. The van der Waals surface area contributed by atoms with Crippen molar-refractivity contribution in [2.24, 2.45) is 0 Å². The first-order valence-electron chi connectivity index (χ1n) is 8.56. The lowest BCUT2D eigenvalue weighted by Gasteiger charge is -2.09. The zero-order valence-electron chi connectivity index (χ0n) is 15.0. The van der Waals surface area contributed by atoms with Gasteiger partial charge < -0.3 is 13.9 Å². The van der Waals surface area contributed by atoms with Crippen molar-refractivity contribution in [3.8, 4) is 11.3 Å². The molecule has 0 atom stereocenters. The van der Waals surface area contributed by atoms with E-state index in [1.54, 1.807) is 38.1 Å². The van der Waals surface area contributed by atoms with Crippen LogP contribution in [0.3, 0.4) is 0 Å². The maximum Gasteiger partial charge on any atom is 0.338 e. The molecule has 0 spiro atoms. The summed E-state index contributed by atoms with van der Waals surface area (Å²) in [7, 11) is 0. The van der Waals surface area contributed by atoms with Gasteiger partial charge in [-0.1, -0.05) is 12.1 Å². The Hall–Kier alpha value is -3.41. The number of benzene rings is 2. The number of esters is 2. The minimum absolute atomic E-state index is 0.174. The van der Waals surface area contributed by atoms with Gasteiger partial charge in [0.15, 0.2) is 5.43 Å². The van der Waals surface area contributed by atoms with Crippen molar-refractivity contribution in [3.63, 3.8) is 0 Å². The molecule has 3 rings (SSSR count). The molecular formula is C21H18O6. The molecule has 1 heterocycles. The normalized spacial score (nSPS) is 10.6. The van der Waals surface area contributed by atoms with Crippen molar-refractivity contribution in [1.82, 2.24) is 0 Å². The Labute approximate surface area is 155 Å². The number of para-hydroxylation sites is 1. The second-order valence-corrected chi connectivity index (χ2v) is 5.71. The molecule has 27 heavy (non-hydrogen) atoms. The van der Waals surface area contributed by atoms with E-state index in [1.165, 1.54) is 24.3 Å². The molecule has 6 heteroatoms. The Balaban J connectivity index is 2.17. The summed E-state index contributed by atoms with van der Waals surface area (Å²) in [5, 5.41) is 0.452. The van der Waals surface area contributed by atoms with Gasteiger partial charge in [0.25, 0.3) is 0 Å². The average Bonchev–Trinajstić information content (AvgIpc) is 2.68.